The van der Waals surface area contributed by atoms with Crippen LogP contribution >= 0.6 is 0 Å². The Hall–Kier alpha value is -3.07. The molecule has 0 atom stereocenters. The molecule has 6 nitrogen and oxygen atoms in total. The van der Waals surface area contributed by atoms with Crippen molar-refractivity contribution in [2.45, 2.75) is 46.2 Å². The lowest BCUT2D eigenvalue weighted by molar-refractivity contribution is -0.132. The van der Waals surface area contributed by atoms with Crippen LogP contribution in [0.4, 0.5) is 0 Å². The van der Waals surface area contributed by atoms with Gasteiger partial charge in [-0.2, -0.15) is 5.26 Å². The molecule has 0 saturated heterocycles. The normalized spacial score (nSPS) is 13.8. The van der Waals surface area contributed by atoms with Crippen molar-refractivity contribution in [2.24, 2.45) is 0 Å². The van der Waals surface area contributed by atoms with Crippen LogP contribution in [-0.4, -0.2) is 26.9 Å². The van der Waals surface area contributed by atoms with Gasteiger partial charge in [-0.3, -0.25) is 4.79 Å². The maximum Gasteiger partial charge on any atom is 0.242 e. The number of para-hydroxylation sites is 1. The Morgan fingerprint density at radius 1 is 1.37 bits per heavy atom. The van der Waals surface area contributed by atoms with E-state index in [4.69, 9.17) is 4.42 Å². The van der Waals surface area contributed by atoms with E-state index in [9.17, 15) is 10.1 Å². The Labute approximate surface area is 158 Å². The molecule has 0 unspecified atom stereocenters. The van der Waals surface area contributed by atoms with Gasteiger partial charge in [-0.25, -0.2) is 4.98 Å². The van der Waals surface area contributed by atoms with Gasteiger partial charge >= 0.3 is 0 Å². The monoisotopic (exact) mass is 362 g/mol. The Bertz CT molecular complexity index is 1070. The molecule has 6 heteroatoms. The van der Waals surface area contributed by atoms with E-state index in [1.165, 1.54) is 0 Å². The SMILES string of the molecule is Cc1c(C#N)c2ccccc2n1CC(=O)N1CCc2oc(C(C)C)nc2C1. The first kappa shape index (κ1) is 17.3. The van der Waals surface area contributed by atoms with Gasteiger partial charge in [0.15, 0.2) is 5.89 Å². The second kappa shape index (κ2) is 6.58. The summed E-state index contributed by atoms with van der Waals surface area (Å²) in [5.41, 5.74) is 3.25. The Balaban J connectivity index is 1.59. The number of rotatable bonds is 3. The molecule has 2 aromatic heterocycles. The minimum atomic E-state index is 0.0306. The molecule has 0 aliphatic carbocycles. The molecular formula is C21H22N4O2. The molecule has 0 saturated carbocycles. The van der Waals surface area contributed by atoms with Gasteiger partial charge < -0.3 is 13.9 Å². The minimum Gasteiger partial charge on any atom is -0.445 e. The van der Waals surface area contributed by atoms with Crippen LogP contribution in [0.3, 0.4) is 0 Å². The number of hydrogen-bond acceptors (Lipinski definition) is 4. The summed E-state index contributed by atoms with van der Waals surface area (Å²) in [7, 11) is 0. The average molecular weight is 362 g/mol. The third kappa shape index (κ3) is 2.89. The van der Waals surface area contributed by atoms with Gasteiger partial charge in [0.1, 0.15) is 24.1 Å². The molecular weight excluding hydrogens is 340 g/mol. The molecule has 27 heavy (non-hydrogen) atoms. The van der Waals surface area contributed by atoms with Crippen molar-refractivity contribution < 1.29 is 9.21 Å². The zero-order chi connectivity index (χ0) is 19.1. The second-order valence-electron chi connectivity index (χ2n) is 7.32. The highest BCUT2D eigenvalue weighted by Crippen LogP contribution is 2.27. The maximum absolute atomic E-state index is 13.0. The average Bonchev–Trinajstić information content (AvgIpc) is 3.21. The smallest absolute Gasteiger partial charge is 0.242 e. The molecule has 0 N–H and O–H groups in total. The number of nitriles is 1. The molecule has 4 rings (SSSR count). The lowest BCUT2D eigenvalue weighted by atomic mass is 10.1. The summed E-state index contributed by atoms with van der Waals surface area (Å²) in [4.78, 5) is 19.4. The summed E-state index contributed by atoms with van der Waals surface area (Å²) in [6, 6.07) is 10.00. The summed E-state index contributed by atoms with van der Waals surface area (Å²) < 4.78 is 7.76. The zero-order valence-electron chi connectivity index (χ0n) is 15.8. The molecule has 0 fully saturated rings. The van der Waals surface area contributed by atoms with Crippen LogP contribution in [0.1, 0.15) is 48.4 Å². The first-order valence-electron chi connectivity index (χ1n) is 9.23. The Morgan fingerprint density at radius 2 is 2.15 bits per heavy atom. The first-order valence-corrected chi connectivity index (χ1v) is 9.23. The molecule has 0 bridgehead atoms. The van der Waals surface area contributed by atoms with Crippen LogP contribution in [0, 0.1) is 18.3 Å². The molecule has 138 valence electrons. The highest BCUT2D eigenvalue weighted by atomic mass is 16.4. The topological polar surface area (TPSA) is 75.1 Å². The Kier molecular flexibility index (Phi) is 4.23. The van der Waals surface area contributed by atoms with E-state index >= 15 is 0 Å². The Morgan fingerprint density at radius 3 is 2.89 bits per heavy atom. The van der Waals surface area contributed by atoms with Crippen molar-refractivity contribution in [3.8, 4) is 6.07 Å². The van der Waals surface area contributed by atoms with E-state index in [1.54, 1.807) is 0 Å². The quantitative estimate of drug-likeness (QED) is 0.714. The van der Waals surface area contributed by atoms with E-state index in [0.717, 1.165) is 33.9 Å². The third-order valence-corrected chi connectivity index (χ3v) is 5.23. The minimum absolute atomic E-state index is 0.0306. The molecule has 1 amide bonds. The number of hydrogen-bond donors (Lipinski definition) is 0. The van der Waals surface area contributed by atoms with Gasteiger partial charge in [-0.1, -0.05) is 32.0 Å². The first-order chi connectivity index (χ1) is 13.0. The summed E-state index contributed by atoms with van der Waals surface area (Å²) in [5, 5.41) is 10.4. The van der Waals surface area contributed by atoms with Gasteiger partial charge in [0.05, 0.1) is 17.6 Å². The molecule has 3 aromatic rings. The number of fused-ring (bicyclic) bond motifs is 2. The summed E-state index contributed by atoms with van der Waals surface area (Å²) in [5.74, 6) is 1.90. The van der Waals surface area contributed by atoms with Crippen LogP contribution in [0.5, 0.6) is 0 Å². The van der Waals surface area contributed by atoms with Crippen molar-refractivity contribution in [3.63, 3.8) is 0 Å². The van der Waals surface area contributed by atoms with Crippen LogP contribution < -0.4 is 0 Å². The van der Waals surface area contributed by atoms with E-state index in [-0.39, 0.29) is 18.4 Å². The highest BCUT2D eigenvalue weighted by molar-refractivity contribution is 5.89. The fraction of sp³-hybridized carbons (Fsp3) is 0.381. The van der Waals surface area contributed by atoms with Crippen LogP contribution in [0.25, 0.3) is 10.9 Å². The molecule has 1 aliphatic heterocycles. The summed E-state index contributed by atoms with van der Waals surface area (Å²) in [6.07, 6.45) is 0.690. The molecule has 1 aliphatic rings. The van der Waals surface area contributed by atoms with Gasteiger partial charge in [0.2, 0.25) is 5.91 Å². The molecule has 3 heterocycles. The van der Waals surface area contributed by atoms with E-state index in [0.29, 0.717) is 25.1 Å². The van der Waals surface area contributed by atoms with Crippen LogP contribution in [0.15, 0.2) is 28.7 Å². The summed E-state index contributed by atoms with van der Waals surface area (Å²) in [6.45, 7) is 7.32. The lowest BCUT2D eigenvalue weighted by Crippen LogP contribution is -2.38. The number of benzene rings is 1. The van der Waals surface area contributed by atoms with Gasteiger partial charge in [-0.15, -0.1) is 0 Å². The lowest BCUT2D eigenvalue weighted by Gasteiger charge is -2.26. The largest absolute Gasteiger partial charge is 0.445 e. The zero-order valence-corrected chi connectivity index (χ0v) is 15.8. The predicted molar refractivity (Wildman–Crippen MR) is 101 cm³/mol. The predicted octanol–water partition coefficient (Wildman–Crippen LogP) is 3.52. The van der Waals surface area contributed by atoms with E-state index in [1.807, 2.05) is 54.5 Å². The van der Waals surface area contributed by atoms with Crippen molar-refractivity contribution in [3.05, 3.63) is 52.9 Å². The number of carbonyl (C=O) groups is 1. The van der Waals surface area contributed by atoms with E-state index < -0.39 is 0 Å². The third-order valence-electron chi connectivity index (χ3n) is 5.23. The highest BCUT2D eigenvalue weighted by Gasteiger charge is 2.27. The van der Waals surface area contributed by atoms with Gasteiger partial charge in [0, 0.05) is 30.0 Å². The van der Waals surface area contributed by atoms with Crippen molar-refractivity contribution in [1.29, 1.82) is 5.26 Å². The molecule has 0 radical (unpaired) electrons. The number of carbonyl (C=O) groups excluding carboxylic acids is 1. The van der Waals surface area contributed by atoms with Crippen LogP contribution in [-0.2, 0) is 24.3 Å². The van der Waals surface area contributed by atoms with Gasteiger partial charge in [0.25, 0.3) is 0 Å². The number of nitrogens with zero attached hydrogens (tertiary/aromatic N) is 4. The van der Waals surface area contributed by atoms with Crippen molar-refractivity contribution in [2.75, 3.05) is 6.54 Å². The van der Waals surface area contributed by atoms with Gasteiger partial charge in [-0.05, 0) is 13.0 Å². The van der Waals surface area contributed by atoms with Crippen LogP contribution in [0.2, 0.25) is 0 Å². The number of aromatic nitrogens is 2. The molecule has 1 aromatic carbocycles. The second-order valence-corrected chi connectivity index (χ2v) is 7.32. The maximum atomic E-state index is 13.0. The summed E-state index contributed by atoms with van der Waals surface area (Å²) >= 11 is 0. The van der Waals surface area contributed by atoms with Crippen molar-refractivity contribution in [1.82, 2.24) is 14.5 Å². The number of oxazole rings is 1. The number of amides is 1. The van der Waals surface area contributed by atoms with Crippen molar-refractivity contribution >= 4 is 16.8 Å². The molecule has 0 spiro atoms. The standard InChI is InChI=1S/C21H22N4O2/c1-13(2)21-23-17-11-24(9-8-19(17)27-21)20(26)12-25-14(3)16(10-22)15-6-4-5-7-18(15)25/h4-7,13H,8-9,11-12H2,1-3H3. The fourth-order valence-electron chi connectivity index (χ4n) is 3.69. The van der Waals surface area contributed by atoms with E-state index in [2.05, 4.69) is 11.1 Å². The fourth-order valence-corrected chi connectivity index (χ4v) is 3.69.